The topological polar surface area (TPSA) is 113 Å². The fourth-order valence-electron chi connectivity index (χ4n) is 3.65. The van der Waals surface area contributed by atoms with Gasteiger partial charge in [0.05, 0.1) is 9.79 Å². The van der Waals surface area contributed by atoms with E-state index in [0.717, 1.165) is 18.6 Å². The summed E-state index contributed by atoms with van der Waals surface area (Å²) in [5.41, 5.74) is 1.72. The van der Waals surface area contributed by atoms with Crippen molar-refractivity contribution in [2.75, 3.05) is 20.9 Å². The molecule has 8 nitrogen and oxygen atoms in total. The van der Waals surface area contributed by atoms with E-state index in [2.05, 4.69) is 9.44 Å². The van der Waals surface area contributed by atoms with Crippen LogP contribution < -0.4 is 14.3 Å². The fraction of sp³-hybridized carbons (Fsp3) is 0.174. The van der Waals surface area contributed by atoms with Gasteiger partial charge in [-0.15, -0.1) is 0 Å². The van der Waals surface area contributed by atoms with Crippen LogP contribution in [-0.4, -0.2) is 29.3 Å². The Balaban J connectivity index is 1.49. The van der Waals surface area contributed by atoms with Crippen LogP contribution in [0.1, 0.15) is 18.4 Å². The van der Waals surface area contributed by atoms with Gasteiger partial charge in [-0.25, -0.2) is 21.2 Å². The zero-order chi connectivity index (χ0) is 24.5. The first-order valence-electron chi connectivity index (χ1n) is 10.4. The van der Waals surface area contributed by atoms with Gasteiger partial charge in [0.2, 0.25) is 5.91 Å². The number of anilines is 3. The lowest BCUT2D eigenvalue weighted by molar-refractivity contribution is -0.117. The molecule has 2 N–H and O–H groups in total. The standard InChI is InChI=1S/C23H22FN3O5S2/c1-16-15-21(12-13-22(16)27-14-2-3-23(27)28)34(31,32)26-19-8-10-20(11-9-19)33(29,30)25-18-6-4-17(24)5-7-18/h4-13,15,25-26H,2-3,14H2,1H3. The molecule has 3 aromatic carbocycles. The van der Waals surface area contributed by atoms with E-state index in [1.54, 1.807) is 17.9 Å². The first-order chi connectivity index (χ1) is 16.0. The third kappa shape index (κ3) is 5.05. The lowest BCUT2D eigenvalue weighted by Crippen LogP contribution is -2.24. The molecule has 0 radical (unpaired) electrons. The van der Waals surface area contributed by atoms with Crippen LogP contribution in [0.25, 0.3) is 0 Å². The number of hydrogen-bond acceptors (Lipinski definition) is 5. The van der Waals surface area contributed by atoms with E-state index in [-0.39, 0.29) is 27.1 Å². The zero-order valence-corrected chi connectivity index (χ0v) is 19.8. The molecular formula is C23H22FN3O5S2. The van der Waals surface area contributed by atoms with Crippen molar-refractivity contribution in [3.05, 3.63) is 78.1 Å². The molecule has 1 amide bonds. The number of amides is 1. The summed E-state index contributed by atoms with van der Waals surface area (Å²) >= 11 is 0. The molecule has 0 atom stereocenters. The number of carbonyl (C=O) groups is 1. The summed E-state index contributed by atoms with van der Waals surface area (Å²) in [4.78, 5) is 13.6. The first-order valence-corrected chi connectivity index (χ1v) is 13.3. The number of nitrogens with zero attached hydrogens (tertiary/aromatic N) is 1. The first kappa shape index (κ1) is 23.7. The maximum atomic E-state index is 13.0. The minimum Gasteiger partial charge on any atom is -0.312 e. The van der Waals surface area contributed by atoms with E-state index in [1.165, 1.54) is 48.5 Å². The van der Waals surface area contributed by atoms with Crippen molar-refractivity contribution < 1.29 is 26.0 Å². The fourth-order valence-corrected chi connectivity index (χ4v) is 5.85. The van der Waals surface area contributed by atoms with Gasteiger partial charge in [-0.3, -0.25) is 14.2 Å². The SMILES string of the molecule is Cc1cc(S(=O)(=O)Nc2ccc(S(=O)(=O)Nc3ccc(F)cc3)cc2)ccc1N1CCCC1=O. The second-order valence-electron chi connectivity index (χ2n) is 7.84. The summed E-state index contributed by atoms with van der Waals surface area (Å²) in [6.07, 6.45) is 1.25. The van der Waals surface area contributed by atoms with Crippen molar-refractivity contribution in [2.45, 2.75) is 29.6 Å². The highest BCUT2D eigenvalue weighted by atomic mass is 32.2. The number of sulfonamides is 2. The molecule has 3 aromatic rings. The summed E-state index contributed by atoms with van der Waals surface area (Å²) in [5.74, 6) is -0.477. The van der Waals surface area contributed by atoms with Crippen LogP contribution in [0.5, 0.6) is 0 Å². The van der Waals surface area contributed by atoms with Crippen molar-refractivity contribution >= 4 is 43.0 Å². The van der Waals surface area contributed by atoms with Gasteiger partial charge >= 0.3 is 0 Å². The van der Waals surface area contributed by atoms with E-state index < -0.39 is 25.9 Å². The van der Waals surface area contributed by atoms with Gasteiger partial charge < -0.3 is 4.90 Å². The number of carbonyl (C=O) groups excluding carboxylic acids is 1. The molecule has 4 rings (SSSR count). The van der Waals surface area contributed by atoms with Crippen LogP contribution in [0.3, 0.4) is 0 Å². The normalized spacial score (nSPS) is 14.3. The molecule has 0 aliphatic carbocycles. The summed E-state index contributed by atoms with van der Waals surface area (Å²) in [6.45, 7) is 2.35. The summed E-state index contributed by atoms with van der Waals surface area (Å²) in [5, 5.41) is 0. The molecular weight excluding hydrogens is 481 g/mol. The van der Waals surface area contributed by atoms with Gasteiger partial charge in [0.1, 0.15) is 5.82 Å². The molecule has 11 heteroatoms. The Labute approximate surface area is 197 Å². The maximum absolute atomic E-state index is 13.0. The van der Waals surface area contributed by atoms with Crippen LogP contribution in [-0.2, 0) is 24.8 Å². The molecule has 0 bridgehead atoms. The Bertz CT molecular complexity index is 1440. The zero-order valence-electron chi connectivity index (χ0n) is 18.2. The molecule has 0 spiro atoms. The monoisotopic (exact) mass is 503 g/mol. The predicted octanol–water partition coefficient (Wildman–Crippen LogP) is 3.86. The molecule has 0 unspecified atom stereocenters. The number of nitrogens with one attached hydrogen (secondary N) is 2. The molecule has 1 fully saturated rings. The third-order valence-electron chi connectivity index (χ3n) is 5.36. The van der Waals surface area contributed by atoms with E-state index >= 15 is 0 Å². The molecule has 178 valence electrons. The second-order valence-corrected chi connectivity index (χ2v) is 11.2. The van der Waals surface area contributed by atoms with Crippen LogP contribution in [0.15, 0.2) is 76.5 Å². The highest BCUT2D eigenvalue weighted by Gasteiger charge is 2.24. The molecule has 34 heavy (non-hydrogen) atoms. The van der Waals surface area contributed by atoms with E-state index in [4.69, 9.17) is 0 Å². The van der Waals surface area contributed by atoms with Gasteiger partial charge in [0, 0.05) is 30.0 Å². The molecule has 1 aliphatic rings. The highest BCUT2D eigenvalue weighted by molar-refractivity contribution is 7.93. The minimum absolute atomic E-state index is 0.0146. The molecule has 1 heterocycles. The highest BCUT2D eigenvalue weighted by Crippen LogP contribution is 2.28. The summed E-state index contributed by atoms with van der Waals surface area (Å²) < 4.78 is 68.6. The Morgan fingerprint density at radius 3 is 1.85 bits per heavy atom. The largest absolute Gasteiger partial charge is 0.312 e. The number of rotatable bonds is 7. The maximum Gasteiger partial charge on any atom is 0.261 e. The number of aryl methyl sites for hydroxylation is 1. The number of benzene rings is 3. The Morgan fingerprint density at radius 2 is 1.32 bits per heavy atom. The van der Waals surface area contributed by atoms with Crippen molar-refractivity contribution in [3.8, 4) is 0 Å². The van der Waals surface area contributed by atoms with Gasteiger partial charge in [-0.05, 0) is 85.6 Å². The van der Waals surface area contributed by atoms with Crippen molar-refractivity contribution in [1.29, 1.82) is 0 Å². The lowest BCUT2D eigenvalue weighted by Gasteiger charge is -2.19. The Hall–Kier alpha value is -3.44. The molecule has 0 aromatic heterocycles. The quantitative estimate of drug-likeness (QED) is 0.508. The van der Waals surface area contributed by atoms with Gasteiger partial charge in [-0.2, -0.15) is 0 Å². The predicted molar refractivity (Wildman–Crippen MR) is 127 cm³/mol. The van der Waals surface area contributed by atoms with Crippen molar-refractivity contribution in [2.24, 2.45) is 0 Å². The van der Waals surface area contributed by atoms with Gasteiger partial charge in [0.15, 0.2) is 0 Å². The molecule has 1 saturated heterocycles. The van der Waals surface area contributed by atoms with Crippen LogP contribution in [0, 0.1) is 12.7 Å². The number of hydrogen-bond donors (Lipinski definition) is 2. The number of halogens is 1. The second kappa shape index (κ2) is 9.07. The van der Waals surface area contributed by atoms with Gasteiger partial charge in [0.25, 0.3) is 20.0 Å². The van der Waals surface area contributed by atoms with E-state index in [9.17, 15) is 26.0 Å². The molecule has 1 aliphatic heterocycles. The smallest absolute Gasteiger partial charge is 0.261 e. The Morgan fingerprint density at radius 1 is 0.794 bits per heavy atom. The van der Waals surface area contributed by atoms with E-state index in [0.29, 0.717) is 24.2 Å². The van der Waals surface area contributed by atoms with Crippen LogP contribution >= 0.6 is 0 Å². The van der Waals surface area contributed by atoms with Crippen LogP contribution in [0.2, 0.25) is 0 Å². The average molecular weight is 504 g/mol. The average Bonchev–Trinajstić information content (AvgIpc) is 3.21. The Kier molecular flexibility index (Phi) is 6.32. The van der Waals surface area contributed by atoms with Crippen molar-refractivity contribution in [3.63, 3.8) is 0 Å². The summed E-state index contributed by atoms with van der Waals surface area (Å²) in [6, 6.07) is 14.6. The van der Waals surface area contributed by atoms with Crippen molar-refractivity contribution in [1.82, 2.24) is 0 Å². The van der Waals surface area contributed by atoms with E-state index in [1.807, 2.05) is 0 Å². The minimum atomic E-state index is -3.94. The lowest BCUT2D eigenvalue weighted by atomic mass is 10.2. The van der Waals surface area contributed by atoms with Crippen LogP contribution in [0.4, 0.5) is 21.5 Å². The van der Waals surface area contributed by atoms with Gasteiger partial charge in [-0.1, -0.05) is 0 Å². The summed E-state index contributed by atoms with van der Waals surface area (Å²) in [7, 11) is -7.89. The molecule has 0 saturated carbocycles. The third-order valence-corrected chi connectivity index (χ3v) is 8.13.